The molecule has 2 heterocycles. The normalized spacial score (nSPS) is 16.1. The Balaban J connectivity index is 1.69. The first-order valence-electron chi connectivity index (χ1n) is 8.34. The molecule has 1 saturated heterocycles. The zero-order chi connectivity index (χ0) is 19.6. The summed E-state index contributed by atoms with van der Waals surface area (Å²) in [6.07, 6.45) is 2.23. The van der Waals surface area contributed by atoms with Gasteiger partial charge in [0.2, 0.25) is 0 Å². The number of carbonyl (C=O) groups excluding carboxylic acids is 1. The van der Waals surface area contributed by atoms with Crippen molar-refractivity contribution in [2.75, 3.05) is 29.5 Å². The second-order valence-electron chi connectivity index (χ2n) is 6.57. The van der Waals surface area contributed by atoms with Crippen LogP contribution in [0.2, 0.25) is 5.02 Å². The molecule has 8 nitrogen and oxygen atoms in total. The largest absolute Gasteiger partial charge is 0.443 e. The summed E-state index contributed by atoms with van der Waals surface area (Å²) in [5.74, 6) is 1.01. The minimum Gasteiger partial charge on any atom is -0.443 e. The first-order chi connectivity index (χ1) is 12.8. The molecule has 1 aromatic heterocycles. The molecule has 144 valence electrons. The Hall–Kier alpha value is -2.39. The van der Waals surface area contributed by atoms with E-state index in [1.807, 2.05) is 13.0 Å². The number of nitrogens with zero attached hydrogens (tertiary/aromatic N) is 3. The smallest absolute Gasteiger partial charge is 0.405 e. The van der Waals surface area contributed by atoms with Crippen LogP contribution in [0.15, 0.2) is 34.3 Å². The Bertz CT molecular complexity index is 857. The van der Waals surface area contributed by atoms with E-state index in [4.69, 9.17) is 33.5 Å². The summed E-state index contributed by atoms with van der Waals surface area (Å²) in [6, 6.07) is 5.27. The lowest BCUT2D eigenvalue weighted by Gasteiger charge is -2.38. The van der Waals surface area contributed by atoms with Crippen LogP contribution in [-0.2, 0) is 4.74 Å². The molecule has 3 rings (SSSR count). The second kappa shape index (κ2) is 7.69. The molecule has 10 heteroatoms. The maximum Gasteiger partial charge on any atom is 0.405 e. The molecule has 0 atom stereocenters. The maximum absolute atomic E-state index is 11.0. The van der Waals surface area contributed by atoms with Gasteiger partial charge < -0.3 is 26.8 Å². The summed E-state index contributed by atoms with van der Waals surface area (Å²) in [5, 5.41) is 1.11. The number of halogens is 1. The van der Waals surface area contributed by atoms with Crippen LogP contribution in [0.3, 0.4) is 0 Å². The number of anilines is 3. The van der Waals surface area contributed by atoms with E-state index in [2.05, 4.69) is 14.9 Å². The summed E-state index contributed by atoms with van der Waals surface area (Å²) in [5.41, 5.74) is 17.0. The summed E-state index contributed by atoms with van der Waals surface area (Å²) in [7, 11) is 0. The fourth-order valence-corrected chi connectivity index (χ4v) is 3.93. The highest BCUT2D eigenvalue weighted by Crippen LogP contribution is 2.36. The van der Waals surface area contributed by atoms with Gasteiger partial charge in [-0.15, -0.1) is 0 Å². The molecule has 1 aromatic carbocycles. The van der Waals surface area contributed by atoms with Gasteiger partial charge in [-0.25, -0.2) is 14.8 Å². The van der Waals surface area contributed by atoms with Gasteiger partial charge in [0.15, 0.2) is 5.82 Å². The monoisotopic (exact) mass is 408 g/mol. The second-order valence-corrected chi connectivity index (χ2v) is 8.01. The van der Waals surface area contributed by atoms with E-state index in [0.29, 0.717) is 53.3 Å². The molecule has 0 radical (unpaired) electrons. The van der Waals surface area contributed by atoms with Crippen molar-refractivity contribution >= 4 is 46.8 Å². The number of hydrogen-bond acceptors (Lipinski definition) is 8. The van der Waals surface area contributed by atoms with Crippen LogP contribution >= 0.6 is 23.4 Å². The number of piperidine rings is 1. The topological polar surface area (TPSA) is 133 Å². The SMILES string of the molecule is CC1(OC(N)=O)CCN(c2cnc(Sc3ccc(N)cc3Cl)c(N)n2)CC1. The van der Waals surface area contributed by atoms with Gasteiger partial charge in [-0.1, -0.05) is 23.4 Å². The third-order valence-corrected chi connectivity index (χ3v) is 5.91. The molecule has 2 aromatic rings. The van der Waals surface area contributed by atoms with Crippen molar-refractivity contribution in [1.82, 2.24) is 9.97 Å². The Morgan fingerprint density at radius 1 is 1.33 bits per heavy atom. The molecule has 0 bridgehead atoms. The first kappa shape index (κ1) is 19.4. The number of hydrogen-bond donors (Lipinski definition) is 3. The van der Waals surface area contributed by atoms with E-state index < -0.39 is 11.7 Å². The quantitative estimate of drug-likeness (QED) is 0.657. The van der Waals surface area contributed by atoms with Crippen molar-refractivity contribution < 1.29 is 9.53 Å². The van der Waals surface area contributed by atoms with Gasteiger partial charge in [-0.2, -0.15) is 0 Å². The number of benzene rings is 1. The Morgan fingerprint density at radius 3 is 2.63 bits per heavy atom. The summed E-state index contributed by atoms with van der Waals surface area (Å²) < 4.78 is 5.22. The third kappa shape index (κ3) is 4.67. The number of rotatable bonds is 4. The molecule has 0 spiro atoms. The maximum atomic E-state index is 11.0. The highest BCUT2D eigenvalue weighted by Gasteiger charge is 2.33. The van der Waals surface area contributed by atoms with Crippen LogP contribution in [0.1, 0.15) is 19.8 Å². The van der Waals surface area contributed by atoms with Crippen LogP contribution < -0.4 is 22.1 Å². The highest BCUT2D eigenvalue weighted by molar-refractivity contribution is 7.99. The van der Waals surface area contributed by atoms with Gasteiger partial charge in [-0.05, 0) is 25.1 Å². The number of carbonyl (C=O) groups is 1. The molecular formula is C17H21ClN6O2S. The van der Waals surface area contributed by atoms with E-state index in [1.54, 1.807) is 18.3 Å². The van der Waals surface area contributed by atoms with E-state index in [9.17, 15) is 4.79 Å². The zero-order valence-electron chi connectivity index (χ0n) is 14.8. The molecule has 1 amide bonds. The number of aromatic nitrogens is 2. The van der Waals surface area contributed by atoms with Crippen molar-refractivity contribution in [2.45, 2.75) is 35.3 Å². The lowest BCUT2D eigenvalue weighted by molar-refractivity contribution is 0.0126. The molecule has 0 unspecified atom stereocenters. The van der Waals surface area contributed by atoms with Gasteiger partial charge in [0, 0.05) is 36.5 Å². The van der Waals surface area contributed by atoms with Crippen LogP contribution in [0, 0.1) is 0 Å². The van der Waals surface area contributed by atoms with Crippen molar-refractivity contribution in [3.8, 4) is 0 Å². The number of amides is 1. The molecule has 0 saturated carbocycles. The van der Waals surface area contributed by atoms with Gasteiger partial charge in [0.1, 0.15) is 16.4 Å². The van der Waals surface area contributed by atoms with E-state index in [1.165, 1.54) is 11.8 Å². The minimum atomic E-state index is -0.752. The van der Waals surface area contributed by atoms with Gasteiger partial charge in [0.25, 0.3) is 0 Å². The van der Waals surface area contributed by atoms with Crippen molar-refractivity contribution in [1.29, 1.82) is 0 Å². The standard InChI is InChI=1S/C17H21ClN6O2S/c1-17(26-16(21)25)4-6-24(7-5-17)13-9-22-15(14(20)23-13)27-12-3-2-10(19)8-11(12)18/h2-3,8-9H,4-7,19H2,1H3,(H2,20,23)(H2,21,25). The zero-order valence-corrected chi connectivity index (χ0v) is 16.4. The molecule has 1 aliphatic rings. The van der Waals surface area contributed by atoms with Crippen LogP contribution in [-0.4, -0.2) is 34.8 Å². The average Bonchev–Trinajstić information content (AvgIpc) is 2.58. The molecular weight excluding hydrogens is 388 g/mol. The fraction of sp³-hybridized carbons (Fsp3) is 0.353. The van der Waals surface area contributed by atoms with Crippen molar-refractivity contribution in [3.05, 3.63) is 29.4 Å². The Kier molecular flexibility index (Phi) is 5.52. The van der Waals surface area contributed by atoms with Crippen molar-refractivity contribution in [3.63, 3.8) is 0 Å². The summed E-state index contributed by atoms with van der Waals surface area (Å²) in [4.78, 5) is 22.8. The number of ether oxygens (including phenoxy) is 1. The van der Waals surface area contributed by atoms with Crippen LogP contribution in [0.5, 0.6) is 0 Å². The van der Waals surface area contributed by atoms with E-state index in [-0.39, 0.29) is 0 Å². The molecule has 0 aliphatic carbocycles. The highest BCUT2D eigenvalue weighted by atomic mass is 35.5. The van der Waals surface area contributed by atoms with Gasteiger partial charge >= 0.3 is 6.09 Å². The Labute approximate surface area is 166 Å². The Morgan fingerprint density at radius 2 is 2.04 bits per heavy atom. The van der Waals surface area contributed by atoms with E-state index >= 15 is 0 Å². The van der Waals surface area contributed by atoms with Crippen LogP contribution in [0.25, 0.3) is 0 Å². The molecule has 6 N–H and O–H groups in total. The summed E-state index contributed by atoms with van der Waals surface area (Å²) in [6.45, 7) is 3.20. The molecule has 1 aliphatic heterocycles. The first-order valence-corrected chi connectivity index (χ1v) is 9.54. The lowest BCUT2D eigenvalue weighted by atomic mass is 9.93. The summed E-state index contributed by atoms with van der Waals surface area (Å²) >= 11 is 7.54. The predicted molar refractivity (Wildman–Crippen MR) is 107 cm³/mol. The number of nitrogen functional groups attached to an aromatic ring is 2. The number of primary amides is 1. The predicted octanol–water partition coefficient (Wildman–Crippen LogP) is 2.90. The third-order valence-electron chi connectivity index (χ3n) is 4.41. The van der Waals surface area contributed by atoms with Crippen LogP contribution in [0.4, 0.5) is 22.1 Å². The average molecular weight is 409 g/mol. The molecule has 1 fully saturated rings. The number of nitrogens with two attached hydrogens (primary N) is 3. The minimum absolute atomic E-state index is 0.326. The van der Waals surface area contributed by atoms with Crippen molar-refractivity contribution in [2.24, 2.45) is 5.73 Å². The van der Waals surface area contributed by atoms with E-state index in [0.717, 1.165) is 4.90 Å². The fourth-order valence-electron chi connectivity index (χ4n) is 2.87. The van der Waals surface area contributed by atoms with Gasteiger partial charge in [0.05, 0.1) is 11.2 Å². The molecule has 27 heavy (non-hydrogen) atoms. The lowest BCUT2D eigenvalue weighted by Crippen LogP contribution is -2.46. The van der Waals surface area contributed by atoms with Gasteiger partial charge in [-0.3, -0.25) is 0 Å².